The van der Waals surface area contributed by atoms with Crippen LogP contribution in [0.1, 0.15) is 26.3 Å². The molecule has 0 atom stereocenters. The van der Waals surface area contributed by atoms with E-state index >= 15 is 0 Å². The molecule has 0 saturated carbocycles. The molecule has 0 fully saturated rings. The van der Waals surface area contributed by atoms with Crippen molar-refractivity contribution in [2.24, 2.45) is 12.5 Å². The lowest BCUT2D eigenvalue weighted by atomic mass is 9.96. The third-order valence-electron chi connectivity index (χ3n) is 3.78. The number of anilines is 1. The van der Waals surface area contributed by atoms with E-state index in [9.17, 15) is 5.26 Å². The molecular weight excluding hydrogens is 298 g/mol. The third kappa shape index (κ3) is 3.09. The minimum atomic E-state index is 0.103. The lowest BCUT2D eigenvalue weighted by molar-refractivity contribution is 0.443. The summed E-state index contributed by atoms with van der Waals surface area (Å²) in [5.74, 6) is 0. The first-order valence-electron chi connectivity index (χ1n) is 7.95. The number of nitrogens with zero attached hydrogens (tertiary/aromatic N) is 4. The summed E-state index contributed by atoms with van der Waals surface area (Å²) in [4.78, 5) is 4.72. The van der Waals surface area contributed by atoms with E-state index in [0.717, 1.165) is 28.7 Å². The van der Waals surface area contributed by atoms with Gasteiger partial charge in [-0.15, -0.1) is 0 Å². The lowest BCUT2D eigenvalue weighted by Crippen LogP contribution is -2.20. The van der Waals surface area contributed by atoms with Crippen LogP contribution in [0, 0.1) is 16.7 Å². The standard InChI is InChI=1S/C19H21N5/c1-19(2,3)12-21-18-14-7-5-6-8-16(14)23-17(15(18)9-20)13-10-22-24(4)11-13/h5-8,10-11H,12H2,1-4H3,(H,21,23). The Kier molecular flexibility index (Phi) is 3.98. The van der Waals surface area contributed by atoms with Crippen LogP contribution in [0.4, 0.5) is 5.69 Å². The highest BCUT2D eigenvalue weighted by Gasteiger charge is 2.19. The molecule has 5 heteroatoms. The molecule has 2 heterocycles. The highest BCUT2D eigenvalue weighted by molar-refractivity contribution is 5.97. The van der Waals surface area contributed by atoms with E-state index in [1.54, 1.807) is 10.9 Å². The maximum absolute atomic E-state index is 9.80. The second-order valence-electron chi connectivity index (χ2n) is 7.16. The van der Waals surface area contributed by atoms with Crippen molar-refractivity contribution in [1.82, 2.24) is 14.8 Å². The fourth-order valence-electron chi connectivity index (χ4n) is 2.61. The highest BCUT2D eigenvalue weighted by Crippen LogP contribution is 2.33. The van der Waals surface area contributed by atoms with Crippen molar-refractivity contribution >= 4 is 16.6 Å². The van der Waals surface area contributed by atoms with Crippen LogP contribution in [-0.2, 0) is 7.05 Å². The molecule has 3 aromatic rings. The van der Waals surface area contributed by atoms with Gasteiger partial charge in [0, 0.05) is 30.7 Å². The first-order valence-corrected chi connectivity index (χ1v) is 7.95. The summed E-state index contributed by atoms with van der Waals surface area (Å²) in [5.41, 5.74) is 3.89. The molecule has 2 aromatic heterocycles. The molecular formula is C19H21N5. The first kappa shape index (κ1) is 16.0. The molecule has 0 aliphatic rings. The van der Waals surface area contributed by atoms with Crippen LogP contribution < -0.4 is 5.32 Å². The summed E-state index contributed by atoms with van der Waals surface area (Å²) >= 11 is 0. The Morgan fingerprint density at radius 3 is 2.62 bits per heavy atom. The molecule has 1 aromatic carbocycles. The van der Waals surface area contributed by atoms with Crippen molar-refractivity contribution in [1.29, 1.82) is 5.26 Å². The lowest BCUT2D eigenvalue weighted by Gasteiger charge is -2.21. The largest absolute Gasteiger partial charge is 0.383 e. The van der Waals surface area contributed by atoms with Gasteiger partial charge < -0.3 is 5.32 Å². The Morgan fingerprint density at radius 2 is 2.00 bits per heavy atom. The van der Waals surface area contributed by atoms with E-state index in [0.29, 0.717) is 11.3 Å². The maximum Gasteiger partial charge on any atom is 0.104 e. The van der Waals surface area contributed by atoms with Crippen LogP contribution in [0.5, 0.6) is 0 Å². The van der Waals surface area contributed by atoms with Gasteiger partial charge in [-0.2, -0.15) is 10.4 Å². The molecule has 0 bridgehead atoms. The molecule has 1 N–H and O–H groups in total. The average molecular weight is 319 g/mol. The third-order valence-corrected chi connectivity index (χ3v) is 3.78. The zero-order valence-electron chi connectivity index (χ0n) is 14.5. The van der Waals surface area contributed by atoms with Crippen LogP contribution in [0.15, 0.2) is 36.7 Å². The number of hydrogen-bond acceptors (Lipinski definition) is 4. The number of benzene rings is 1. The Bertz CT molecular complexity index is 925. The van der Waals surface area contributed by atoms with Gasteiger partial charge >= 0.3 is 0 Å². The molecule has 0 saturated heterocycles. The smallest absolute Gasteiger partial charge is 0.104 e. The van der Waals surface area contributed by atoms with Crippen LogP contribution in [0.3, 0.4) is 0 Å². The van der Waals surface area contributed by atoms with E-state index in [1.165, 1.54) is 0 Å². The van der Waals surface area contributed by atoms with Gasteiger partial charge in [0.2, 0.25) is 0 Å². The van der Waals surface area contributed by atoms with Crippen LogP contribution in [0.2, 0.25) is 0 Å². The van der Waals surface area contributed by atoms with E-state index < -0.39 is 0 Å². The molecule has 0 spiro atoms. The Morgan fingerprint density at radius 1 is 1.25 bits per heavy atom. The van der Waals surface area contributed by atoms with E-state index in [2.05, 4.69) is 37.3 Å². The van der Waals surface area contributed by atoms with Gasteiger partial charge in [0.1, 0.15) is 11.6 Å². The molecule has 0 unspecified atom stereocenters. The van der Waals surface area contributed by atoms with Crippen LogP contribution in [0.25, 0.3) is 22.2 Å². The molecule has 3 rings (SSSR count). The number of fused-ring (bicyclic) bond motifs is 1. The van der Waals surface area contributed by atoms with E-state index in [-0.39, 0.29) is 5.41 Å². The number of rotatable bonds is 3. The minimum absolute atomic E-state index is 0.103. The molecule has 24 heavy (non-hydrogen) atoms. The summed E-state index contributed by atoms with van der Waals surface area (Å²) in [6.07, 6.45) is 3.62. The molecule has 0 radical (unpaired) electrons. The van der Waals surface area contributed by atoms with Crippen molar-refractivity contribution in [3.05, 3.63) is 42.2 Å². The predicted octanol–water partition coefficient (Wildman–Crippen LogP) is 3.96. The highest BCUT2D eigenvalue weighted by atomic mass is 15.2. The second kappa shape index (κ2) is 5.97. The van der Waals surface area contributed by atoms with Crippen molar-refractivity contribution in [2.75, 3.05) is 11.9 Å². The summed E-state index contributed by atoms with van der Waals surface area (Å²) < 4.78 is 1.72. The van der Waals surface area contributed by atoms with Gasteiger partial charge in [-0.05, 0) is 11.5 Å². The molecule has 122 valence electrons. The fraction of sp³-hybridized carbons (Fsp3) is 0.316. The van der Waals surface area contributed by atoms with Gasteiger partial charge in [-0.25, -0.2) is 4.98 Å². The fourth-order valence-corrected chi connectivity index (χ4v) is 2.61. The number of para-hydroxylation sites is 1. The minimum Gasteiger partial charge on any atom is -0.383 e. The van der Waals surface area contributed by atoms with Crippen molar-refractivity contribution in [3.8, 4) is 17.3 Å². The van der Waals surface area contributed by atoms with E-state index in [1.807, 2.05) is 37.5 Å². The van der Waals surface area contributed by atoms with E-state index in [4.69, 9.17) is 4.98 Å². The number of hydrogen-bond donors (Lipinski definition) is 1. The normalized spacial score (nSPS) is 11.5. The zero-order chi connectivity index (χ0) is 17.3. The maximum atomic E-state index is 9.80. The van der Waals surface area contributed by atoms with Gasteiger partial charge in [0.15, 0.2) is 0 Å². The van der Waals surface area contributed by atoms with Crippen LogP contribution in [-0.4, -0.2) is 21.3 Å². The summed E-state index contributed by atoms with van der Waals surface area (Å²) in [6, 6.07) is 10.2. The number of pyridine rings is 1. The Balaban J connectivity index is 2.24. The summed E-state index contributed by atoms with van der Waals surface area (Å²) in [6.45, 7) is 7.26. The molecule has 0 aliphatic heterocycles. The first-order chi connectivity index (χ1) is 11.4. The van der Waals surface area contributed by atoms with Gasteiger partial charge in [0.25, 0.3) is 0 Å². The SMILES string of the molecule is Cn1cc(-c2nc3ccccc3c(NCC(C)(C)C)c2C#N)cn1. The predicted molar refractivity (Wildman–Crippen MR) is 96.6 cm³/mol. The quantitative estimate of drug-likeness (QED) is 0.793. The molecule has 0 aliphatic carbocycles. The van der Waals surface area contributed by atoms with Crippen molar-refractivity contribution in [2.45, 2.75) is 20.8 Å². The number of aryl methyl sites for hydroxylation is 1. The number of nitrogens with one attached hydrogen (secondary N) is 1. The molecule has 0 amide bonds. The summed E-state index contributed by atoms with van der Waals surface area (Å²) in [7, 11) is 1.86. The van der Waals surface area contributed by atoms with Gasteiger partial charge in [-0.3, -0.25) is 4.68 Å². The molecule has 5 nitrogen and oxygen atoms in total. The summed E-state index contributed by atoms with van der Waals surface area (Å²) in [5, 5.41) is 18.4. The number of nitriles is 1. The zero-order valence-corrected chi connectivity index (χ0v) is 14.5. The average Bonchev–Trinajstić information content (AvgIpc) is 2.97. The van der Waals surface area contributed by atoms with Gasteiger partial charge in [-0.1, -0.05) is 39.0 Å². The topological polar surface area (TPSA) is 66.5 Å². The van der Waals surface area contributed by atoms with Crippen LogP contribution >= 0.6 is 0 Å². The monoisotopic (exact) mass is 319 g/mol. The Hall–Kier alpha value is -2.87. The van der Waals surface area contributed by atoms with Gasteiger partial charge in [0.05, 0.1) is 23.1 Å². The number of aromatic nitrogens is 3. The van der Waals surface area contributed by atoms with Crippen molar-refractivity contribution < 1.29 is 0 Å². The van der Waals surface area contributed by atoms with Crippen molar-refractivity contribution in [3.63, 3.8) is 0 Å². The Labute approximate surface area is 141 Å². The second-order valence-corrected chi connectivity index (χ2v) is 7.16.